The van der Waals surface area contributed by atoms with Crippen molar-refractivity contribution in [2.24, 2.45) is 0 Å². The van der Waals surface area contributed by atoms with Crippen LogP contribution in [0.1, 0.15) is 31.2 Å². The average Bonchev–Trinajstić information content (AvgIpc) is 2.83. The van der Waals surface area contributed by atoms with E-state index in [-0.39, 0.29) is 5.91 Å². The van der Waals surface area contributed by atoms with E-state index in [1.807, 2.05) is 30.3 Å². The standard InChI is InChI=1S/C16H19NO2/c1-17(13-16(19)11-5-6-12-16)15(18)10-9-14-7-3-2-4-8-14/h2-4,7-8,19H,5-6,11-13H2,1H3. The van der Waals surface area contributed by atoms with Crippen molar-refractivity contribution in [2.75, 3.05) is 13.6 Å². The lowest BCUT2D eigenvalue weighted by molar-refractivity contribution is -0.127. The molecule has 1 fully saturated rings. The number of amides is 1. The van der Waals surface area contributed by atoms with Crippen LogP contribution in [-0.2, 0) is 4.79 Å². The molecule has 0 heterocycles. The zero-order valence-corrected chi connectivity index (χ0v) is 11.2. The van der Waals surface area contributed by atoms with E-state index in [1.54, 1.807) is 7.05 Å². The molecule has 2 rings (SSSR count). The Kier molecular flexibility index (Phi) is 4.24. The lowest BCUT2D eigenvalue weighted by Crippen LogP contribution is -2.41. The number of benzene rings is 1. The van der Waals surface area contributed by atoms with E-state index in [0.29, 0.717) is 6.54 Å². The molecule has 0 radical (unpaired) electrons. The number of likely N-dealkylation sites (N-methyl/N-ethyl adjacent to an activating group) is 1. The minimum Gasteiger partial charge on any atom is -0.388 e. The summed E-state index contributed by atoms with van der Waals surface area (Å²) >= 11 is 0. The lowest BCUT2D eigenvalue weighted by atomic mass is 10.0. The molecule has 0 saturated heterocycles. The minimum atomic E-state index is -0.709. The number of carbonyl (C=O) groups is 1. The molecule has 100 valence electrons. The molecule has 0 atom stereocenters. The summed E-state index contributed by atoms with van der Waals surface area (Å²) in [5, 5.41) is 10.3. The van der Waals surface area contributed by atoms with E-state index >= 15 is 0 Å². The van der Waals surface area contributed by atoms with Crippen LogP contribution in [-0.4, -0.2) is 35.1 Å². The van der Waals surface area contributed by atoms with Gasteiger partial charge in [-0.15, -0.1) is 0 Å². The van der Waals surface area contributed by atoms with Crippen molar-refractivity contribution < 1.29 is 9.90 Å². The highest BCUT2D eigenvalue weighted by Gasteiger charge is 2.33. The Labute approximate surface area is 114 Å². The Morgan fingerprint density at radius 2 is 1.95 bits per heavy atom. The lowest BCUT2D eigenvalue weighted by Gasteiger charge is -2.27. The first kappa shape index (κ1) is 13.6. The smallest absolute Gasteiger partial charge is 0.298 e. The van der Waals surface area contributed by atoms with Gasteiger partial charge in [0.1, 0.15) is 0 Å². The highest BCUT2D eigenvalue weighted by molar-refractivity contribution is 5.94. The van der Waals surface area contributed by atoms with Crippen LogP contribution >= 0.6 is 0 Å². The summed E-state index contributed by atoms with van der Waals surface area (Å²) in [6.07, 6.45) is 3.62. The van der Waals surface area contributed by atoms with Gasteiger partial charge in [-0.3, -0.25) is 4.79 Å². The van der Waals surface area contributed by atoms with Crippen molar-refractivity contribution in [3.05, 3.63) is 35.9 Å². The quantitative estimate of drug-likeness (QED) is 0.821. The number of aliphatic hydroxyl groups is 1. The van der Waals surface area contributed by atoms with Gasteiger partial charge in [0.15, 0.2) is 0 Å². The van der Waals surface area contributed by atoms with Crippen LogP contribution in [0, 0.1) is 11.8 Å². The molecule has 3 heteroatoms. The molecule has 0 aliphatic heterocycles. The van der Waals surface area contributed by atoms with Crippen LogP contribution in [0.3, 0.4) is 0 Å². The first-order valence-electron chi connectivity index (χ1n) is 6.64. The second kappa shape index (κ2) is 5.90. The zero-order chi connectivity index (χ0) is 13.7. The fourth-order valence-electron chi connectivity index (χ4n) is 2.45. The van der Waals surface area contributed by atoms with Crippen LogP contribution in [0.4, 0.5) is 0 Å². The molecule has 0 aromatic heterocycles. The third-order valence-corrected chi connectivity index (χ3v) is 3.50. The fourth-order valence-corrected chi connectivity index (χ4v) is 2.45. The predicted molar refractivity (Wildman–Crippen MR) is 74.4 cm³/mol. The summed E-state index contributed by atoms with van der Waals surface area (Å²) < 4.78 is 0. The summed E-state index contributed by atoms with van der Waals surface area (Å²) in [6, 6.07) is 9.42. The van der Waals surface area contributed by atoms with Crippen LogP contribution < -0.4 is 0 Å². The molecule has 0 bridgehead atoms. The van der Waals surface area contributed by atoms with Crippen molar-refractivity contribution >= 4 is 5.91 Å². The molecule has 3 nitrogen and oxygen atoms in total. The Morgan fingerprint density at radius 3 is 2.58 bits per heavy atom. The molecule has 0 unspecified atom stereocenters. The Balaban J connectivity index is 1.95. The third kappa shape index (κ3) is 3.84. The Bertz CT molecular complexity index is 492. The second-order valence-electron chi connectivity index (χ2n) is 5.21. The third-order valence-electron chi connectivity index (χ3n) is 3.50. The largest absolute Gasteiger partial charge is 0.388 e. The summed E-state index contributed by atoms with van der Waals surface area (Å²) in [7, 11) is 1.69. The van der Waals surface area contributed by atoms with Gasteiger partial charge in [0.05, 0.1) is 5.60 Å². The van der Waals surface area contributed by atoms with Crippen molar-refractivity contribution in [3.63, 3.8) is 0 Å². The van der Waals surface area contributed by atoms with Crippen molar-refractivity contribution in [3.8, 4) is 11.8 Å². The van der Waals surface area contributed by atoms with Gasteiger partial charge in [-0.2, -0.15) is 0 Å². The van der Waals surface area contributed by atoms with Gasteiger partial charge in [-0.05, 0) is 25.0 Å². The van der Waals surface area contributed by atoms with Gasteiger partial charge in [-0.25, -0.2) is 0 Å². The zero-order valence-electron chi connectivity index (χ0n) is 11.2. The highest BCUT2D eigenvalue weighted by atomic mass is 16.3. The van der Waals surface area contributed by atoms with Crippen molar-refractivity contribution in [2.45, 2.75) is 31.3 Å². The Hall–Kier alpha value is -1.79. The molecular formula is C16H19NO2. The monoisotopic (exact) mass is 257 g/mol. The SMILES string of the molecule is CN(CC1(O)CCCC1)C(=O)C#Cc1ccccc1. The van der Waals surface area contributed by atoms with Crippen molar-refractivity contribution in [1.82, 2.24) is 4.90 Å². The maximum Gasteiger partial charge on any atom is 0.298 e. The van der Waals surface area contributed by atoms with E-state index in [0.717, 1.165) is 31.2 Å². The maximum atomic E-state index is 11.9. The molecule has 1 N–H and O–H groups in total. The van der Waals surface area contributed by atoms with Crippen LogP contribution in [0.15, 0.2) is 30.3 Å². The number of hydrogen-bond acceptors (Lipinski definition) is 2. The van der Waals surface area contributed by atoms with E-state index in [1.165, 1.54) is 4.90 Å². The summed E-state index contributed by atoms with van der Waals surface area (Å²) in [4.78, 5) is 13.4. The number of nitrogens with zero attached hydrogens (tertiary/aromatic N) is 1. The number of carbonyl (C=O) groups excluding carboxylic acids is 1. The molecule has 1 aliphatic rings. The maximum absolute atomic E-state index is 11.9. The first-order chi connectivity index (χ1) is 9.09. The van der Waals surface area contributed by atoms with Gasteiger partial charge >= 0.3 is 0 Å². The van der Waals surface area contributed by atoms with Gasteiger partial charge < -0.3 is 10.0 Å². The summed E-state index contributed by atoms with van der Waals surface area (Å²) in [5.74, 6) is 5.21. The molecule has 19 heavy (non-hydrogen) atoms. The summed E-state index contributed by atoms with van der Waals surface area (Å²) in [6.45, 7) is 0.370. The minimum absolute atomic E-state index is 0.246. The molecular weight excluding hydrogens is 238 g/mol. The predicted octanol–water partition coefficient (Wildman–Crippen LogP) is 1.80. The fraction of sp³-hybridized carbons (Fsp3) is 0.438. The van der Waals surface area contributed by atoms with Gasteiger partial charge in [0.25, 0.3) is 5.91 Å². The van der Waals surface area contributed by atoms with Gasteiger partial charge in [0.2, 0.25) is 0 Å². The second-order valence-corrected chi connectivity index (χ2v) is 5.21. The number of rotatable bonds is 2. The molecule has 0 spiro atoms. The topological polar surface area (TPSA) is 40.5 Å². The first-order valence-corrected chi connectivity index (χ1v) is 6.64. The van der Waals surface area contributed by atoms with Crippen LogP contribution in [0.2, 0.25) is 0 Å². The highest BCUT2D eigenvalue weighted by Crippen LogP contribution is 2.29. The normalized spacial score (nSPS) is 16.5. The van der Waals surface area contributed by atoms with Crippen LogP contribution in [0.25, 0.3) is 0 Å². The van der Waals surface area contributed by atoms with Crippen molar-refractivity contribution in [1.29, 1.82) is 0 Å². The van der Waals surface area contributed by atoms with E-state index < -0.39 is 5.60 Å². The molecule has 1 saturated carbocycles. The van der Waals surface area contributed by atoms with E-state index in [4.69, 9.17) is 0 Å². The number of hydrogen-bond donors (Lipinski definition) is 1. The summed E-state index contributed by atoms with van der Waals surface area (Å²) in [5.41, 5.74) is 0.114. The van der Waals surface area contributed by atoms with E-state index in [2.05, 4.69) is 11.8 Å². The molecule has 1 aliphatic carbocycles. The average molecular weight is 257 g/mol. The Morgan fingerprint density at radius 1 is 1.32 bits per heavy atom. The van der Waals surface area contributed by atoms with Gasteiger partial charge in [-0.1, -0.05) is 37.0 Å². The van der Waals surface area contributed by atoms with Crippen LogP contribution in [0.5, 0.6) is 0 Å². The van der Waals surface area contributed by atoms with Gasteiger partial charge in [0, 0.05) is 25.1 Å². The van der Waals surface area contributed by atoms with E-state index in [9.17, 15) is 9.90 Å². The molecule has 1 amide bonds. The molecule has 1 aromatic rings. The molecule has 1 aromatic carbocycles.